The molecule has 0 aliphatic carbocycles. The van der Waals surface area contributed by atoms with Gasteiger partial charge in [-0.15, -0.1) is 0 Å². The molecule has 2 nitrogen and oxygen atoms in total. The van der Waals surface area contributed by atoms with Crippen molar-refractivity contribution in [2.45, 2.75) is 6.42 Å². The summed E-state index contributed by atoms with van der Waals surface area (Å²) in [4.78, 5) is 2.28. The van der Waals surface area contributed by atoms with Crippen LogP contribution in [0.25, 0.3) is 0 Å². The average Bonchev–Trinajstić information content (AvgIpc) is 2.30. The summed E-state index contributed by atoms with van der Waals surface area (Å²) in [6, 6.07) is 9.93. The molecule has 1 heterocycles. The lowest BCUT2D eigenvalue weighted by Gasteiger charge is -2.25. The Labute approximate surface area is 84.1 Å². The number of anilines is 1. The Hall–Kier alpha value is -1.75. The van der Waals surface area contributed by atoms with Crippen molar-refractivity contribution in [3.63, 3.8) is 0 Å². The molecule has 2 rings (SSSR count). The van der Waals surface area contributed by atoms with E-state index in [-0.39, 0.29) is 0 Å². The van der Waals surface area contributed by atoms with E-state index in [2.05, 4.69) is 29.2 Å². The Bertz CT molecular complexity index is 388. The Kier molecular flexibility index (Phi) is 2.51. The van der Waals surface area contributed by atoms with Crippen LogP contribution in [0.4, 0.5) is 5.69 Å². The van der Waals surface area contributed by atoms with E-state index in [0.717, 1.165) is 30.8 Å². The molecule has 0 atom stereocenters. The molecule has 70 valence electrons. The van der Waals surface area contributed by atoms with Crippen LogP contribution in [0.5, 0.6) is 0 Å². The van der Waals surface area contributed by atoms with Crippen LogP contribution in [-0.4, -0.2) is 13.1 Å². The topological polar surface area (TPSA) is 27.0 Å². The van der Waals surface area contributed by atoms with Gasteiger partial charge in [0.15, 0.2) is 0 Å². The number of nitriles is 1. The van der Waals surface area contributed by atoms with E-state index in [1.165, 1.54) is 0 Å². The molecule has 1 aromatic rings. The molecular weight excluding hydrogens is 172 g/mol. The van der Waals surface area contributed by atoms with Crippen LogP contribution in [0.15, 0.2) is 36.4 Å². The SMILES string of the molecule is N#Cc1cccc(N2CC=CCC2)c1. The Balaban J connectivity index is 2.23. The standard InChI is InChI=1S/C12H12N2/c13-10-11-5-4-6-12(9-11)14-7-2-1-3-8-14/h1-2,4-6,9H,3,7-8H2. The summed E-state index contributed by atoms with van der Waals surface area (Å²) in [5, 5.41) is 8.78. The number of rotatable bonds is 1. The average molecular weight is 184 g/mol. The predicted molar refractivity (Wildman–Crippen MR) is 57.1 cm³/mol. The van der Waals surface area contributed by atoms with Gasteiger partial charge in [0.05, 0.1) is 11.6 Å². The predicted octanol–water partition coefficient (Wildman–Crippen LogP) is 2.32. The van der Waals surface area contributed by atoms with E-state index in [1.54, 1.807) is 0 Å². The number of benzene rings is 1. The van der Waals surface area contributed by atoms with Gasteiger partial charge in [0, 0.05) is 18.8 Å². The summed E-state index contributed by atoms with van der Waals surface area (Å²) in [5.74, 6) is 0. The maximum Gasteiger partial charge on any atom is 0.0992 e. The lowest BCUT2D eigenvalue weighted by atomic mass is 10.1. The monoisotopic (exact) mass is 184 g/mol. The van der Waals surface area contributed by atoms with Crippen LogP contribution < -0.4 is 4.90 Å². The molecule has 0 unspecified atom stereocenters. The Morgan fingerprint density at radius 3 is 2.93 bits per heavy atom. The van der Waals surface area contributed by atoms with Crippen LogP contribution >= 0.6 is 0 Å². The molecule has 0 bridgehead atoms. The molecule has 0 spiro atoms. The number of nitrogens with zero attached hydrogens (tertiary/aromatic N) is 2. The lowest BCUT2D eigenvalue weighted by molar-refractivity contribution is 0.821. The normalized spacial score (nSPS) is 15.2. The minimum Gasteiger partial charge on any atom is -0.367 e. The molecule has 0 N–H and O–H groups in total. The second-order valence-corrected chi connectivity index (χ2v) is 3.37. The highest BCUT2D eigenvalue weighted by Crippen LogP contribution is 2.17. The van der Waals surface area contributed by atoms with Crippen molar-refractivity contribution in [3.05, 3.63) is 42.0 Å². The largest absolute Gasteiger partial charge is 0.367 e. The van der Waals surface area contributed by atoms with Crippen LogP contribution in [0.3, 0.4) is 0 Å². The van der Waals surface area contributed by atoms with Gasteiger partial charge in [-0.25, -0.2) is 0 Å². The van der Waals surface area contributed by atoms with Crippen LogP contribution in [-0.2, 0) is 0 Å². The molecule has 14 heavy (non-hydrogen) atoms. The molecule has 0 aromatic heterocycles. The lowest BCUT2D eigenvalue weighted by Crippen LogP contribution is -2.26. The number of hydrogen-bond donors (Lipinski definition) is 0. The molecular formula is C12H12N2. The molecule has 1 aliphatic heterocycles. The molecule has 0 saturated carbocycles. The van der Waals surface area contributed by atoms with E-state index in [0.29, 0.717) is 0 Å². The van der Waals surface area contributed by atoms with Gasteiger partial charge < -0.3 is 4.90 Å². The first-order valence-electron chi connectivity index (χ1n) is 4.80. The van der Waals surface area contributed by atoms with Crippen molar-refractivity contribution in [1.82, 2.24) is 0 Å². The highest BCUT2D eigenvalue weighted by Gasteiger charge is 2.06. The van der Waals surface area contributed by atoms with Gasteiger partial charge in [-0.05, 0) is 24.6 Å². The molecule has 0 radical (unpaired) electrons. The molecule has 0 saturated heterocycles. The fourth-order valence-corrected chi connectivity index (χ4v) is 1.65. The zero-order chi connectivity index (χ0) is 9.80. The van der Waals surface area contributed by atoms with E-state index >= 15 is 0 Å². The summed E-state index contributed by atoms with van der Waals surface area (Å²) < 4.78 is 0. The minimum absolute atomic E-state index is 0.733. The summed E-state index contributed by atoms with van der Waals surface area (Å²) in [6.45, 7) is 2.00. The third-order valence-electron chi connectivity index (χ3n) is 2.40. The van der Waals surface area contributed by atoms with Crippen molar-refractivity contribution in [2.24, 2.45) is 0 Å². The first-order valence-corrected chi connectivity index (χ1v) is 4.80. The van der Waals surface area contributed by atoms with Crippen LogP contribution in [0.2, 0.25) is 0 Å². The van der Waals surface area contributed by atoms with E-state index in [4.69, 9.17) is 5.26 Å². The number of hydrogen-bond acceptors (Lipinski definition) is 2. The van der Waals surface area contributed by atoms with Crippen LogP contribution in [0, 0.1) is 11.3 Å². The highest BCUT2D eigenvalue weighted by atomic mass is 15.1. The van der Waals surface area contributed by atoms with Gasteiger partial charge in [-0.2, -0.15) is 5.26 Å². The first kappa shape index (κ1) is 8.83. The molecule has 0 fully saturated rings. The second kappa shape index (κ2) is 3.97. The van der Waals surface area contributed by atoms with E-state index in [1.807, 2.05) is 18.2 Å². The zero-order valence-corrected chi connectivity index (χ0v) is 7.98. The molecule has 2 heteroatoms. The second-order valence-electron chi connectivity index (χ2n) is 3.37. The van der Waals surface area contributed by atoms with Gasteiger partial charge in [0.2, 0.25) is 0 Å². The maximum atomic E-state index is 8.78. The molecule has 1 aliphatic rings. The van der Waals surface area contributed by atoms with Gasteiger partial charge in [-0.1, -0.05) is 18.2 Å². The Morgan fingerprint density at radius 2 is 2.21 bits per heavy atom. The van der Waals surface area contributed by atoms with Gasteiger partial charge in [0.25, 0.3) is 0 Å². The van der Waals surface area contributed by atoms with E-state index < -0.39 is 0 Å². The Morgan fingerprint density at radius 1 is 1.29 bits per heavy atom. The summed E-state index contributed by atoms with van der Waals surface area (Å²) >= 11 is 0. The highest BCUT2D eigenvalue weighted by molar-refractivity contribution is 5.52. The van der Waals surface area contributed by atoms with Gasteiger partial charge >= 0.3 is 0 Å². The molecule has 1 aromatic carbocycles. The fourth-order valence-electron chi connectivity index (χ4n) is 1.65. The van der Waals surface area contributed by atoms with E-state index in [9.17, 15) is 0 Å². The summed E-state index contributed by atoms with van der Waals surface area (Å²) in [6.07, 6.45) is 5.46. The zero-order valence-electron chi connectivity index (χ0n) is 7.98. The fraction of sp³-hybridized carbons (Fsp3) is 0.250. The first-order chi connectivity index (χ1) is 6.90. The van der Waals surface area contributed by atoms with Crippen molar-refractivity contribution < 1.29 is 0 Å². The van der Waals surface area contributed by atoms with Crippen molar-refractivity contribution >= 4 is 5.69 Å². The third-order valence-corrected chi connectivity index (χ3v) is 2.40. The third kappa shape index (κ3) is 1.77. The van der Waals surface area contributed by atoms with Crippen LogP contribution in [0.1, 0.15) is 12.0 Å². The minimum atomic E-state index is 0.733. The maximum absolute atomic E-state index is 8.78. The van der Waals surface area contributed by atoms with Gasteiger partial charge in [-0.3, -0.25) is 0 Å². The van der Waals surface area contributed by atoms with Crippen molar-refractivity contribution in [3.8, 4) is 6.07 Å². The van der Waals surface area contributed by atoms with Crippen molar-refractivity contribution in [2.75, 3.05) is 18.0 Å². The smallest absolute Gasteiger partial charge is 0.0992 e. The van der Waals surface area contributed by atoms with Crippen molar-refractivity contribution in [1.29, 1.82) is 5.26 Å². The summed E-state index contributed by atoms with van der Waals surface area (Å²) in [5.41, 5.74) is 1.88. The van der Waals surface area contributed by atoms with Gasteiger partial charge in [0.1, 0.15) is 0 Å². The molecule has 0 amide bonds. The quantitative estimate of drug-likeness (QED) is 0.626. The summed E-state index contributed by atoms with van der Waals surface area (Å²) in [7, 11) is 0.